The van der Waals surface area contributed by atoms with Gasteiger partial charge in [0.15, 0.2) is 0 Å². The minimum Gasteiger partial charge on any atom is -0.344 e. The molecule has 0 spiro atoms. The van der Waals surface area contributed by atoms with Crippen molar-refractivity contribution in [2.75, 3.05) is 18.9 Å². The number of carbonyl (C=O) groups excluding carboxylic acids is 2. The number of likely N-dealkylation sites (N-methyl/N-ethyl adjacent to an activating group) is 1. The maximum atomic E-state index is 13.7. The third-order valence-electron chi connectivity index (χ3n) is 3.76. The van der Waals surface area contributed by atoms with Crippen LogP contribution in [0.15, 0.2) is 35.2 Å². The van der Waals surface area contributed by atoms with Crippen molar-refractivity contribution < 1.29 is 14.0 Å². The second kappa shape index (κ2) is 5.84. The Hall–Kier alpha value is -2.28. The highest BCUT2D eigenvalue weighted by Gasteiger charge is 2.45. The van der Waals surface area contributed by atoms with Crippen molar-refractivity contribution in [3.8, 4) is 0 Å². The molecule has 0 unspecified atom stereocenters. The van der Waals surface area contributed by atoms with Gasteiger partial charge in [0.25, 0.3) is 0 Å². The summed E-state index contributed by atoms with van der Waals surface area (Å²) in [6.07, 6.45) is 0. The Morgan fingerprint density at radius 3 is 2.91 bits per heavy atom. The summed E-state index contributed by atoms with van der Waals surface area (Å²) in [5.74, 6) is -2.49. The maximum Gasteiger partial charge on any atom is 0.237 e. The van der Waals surface area contributed by atoms with Gasteiger partial charge in [0.2, 0.25) is 11.8 Å². The first-order valence-electron chi connectivity index (χ1n) is 6.76. The number of anilines is 1. The van der Waals surface area contributed by atoms with Crippen molar-refractivity contribution in [1.82, 2.24) is 9.88 Å². The van der Waals surface area contributed by atoms with Crippen molar-refractivity contribution in [1.29, 1.82) is 0 Å². The molecule has 0 bridgehead atoms. The highest BCUT2D eigenvalue weighted by atomic mass is 32.1. The molecule has 3 rings (SSSR count). The van der Waals surface area contributed by atoms with E-state index in [9.17, 15) is 14.0 Å². The number of likely N-dealkylation sites (tertiary alicyclic amines) is 1. The average molecular weight is 319 g/mol. The number of carbonyl (C=O) groups is 2. The van der Waals surface area contributed by atoms with E-state index in [1.807, 2.05) is 5.38 Å². The van der Waals surface area contributed by atoms with Crippen molar-refractivity contribution in [2.24, 2.45) is 5.92 Å². The Balaban J connectivity index is 1.86. The quantitative estimate of drug-likeness (QED) is 0.881. The van der Waals surface area contributed by atoms with E-state index in [1.54, 1.807) is 18.6 Å². The van der Waals surface area contributed by atoms with Gasteiger partial charge in [-0.3, -0.25) is 9.59 Å². The zero-order chi connectivity index (χ0) is 15.7. The molecule has 1 aromatic heterocycles. The lowest BCUT2D eigenvalue weighted by atomic mass is 9.92. The topological polar surface area (TPSA) is 62.3 Å². The van der Waals surface area contributed by atoms with E-state index in [1.165, 1.54) is 34.4 Å². The molecule has 1 N–H and O–H groups in total. The minimum atomic E-state index is -0.883. The lowest BCUT2D eigenvalue weighted by Crippen LogP contribution is -2.33. The molecule has 114 valence electrons. The summed E-state index contributed by atoms with van der Waals surface area (Å²) < 4.78 is 13.7. The van der Waals surface area contributed by atoms with Gasteiger partial charge in [-0.25, -0.2) is 9.37 Å². The lowest BCUT2D eigenvalue weighted by molar-refractivity contribution is -0.135. The van der Waals surface area contributed by atoms with Crippen molar-refractivity contribution in [2.45, 2.75) is 5.92 Å². The van der Waals surface area contributed by atoms with E-state index in [-0.39, 0.29) is 17.5 Å². The van der Waals surface area contributed by atoms with Gasteiger partial charge in [-0.05, 0) is 12.1 Å². The molecule has 5 nitrogen and oxygen atoms in total. The van der Waals surface area contributed by atoms with Crippen LogP contribution < -0.4 is 5.32 Å². The van der Waals surface area contributed by atoms with Gasteiger partial charge in [-0.1, -0.05) is 12.1 Å². The zero-order valence-electron chi connectivity index (χ0n) is 11.8. The van der Waals surface area contributed by atoms with Gasteiger partial charge < -0.3 is 10.2 Å². The number of nitrogens with one attached hydrogen (secondary N) is 1. The van der Waals surface area contributed by atoms with Crippen LogP contribution in [0.4, 0.5) is 10.1 Å². The van der Waals surface area contributed by atoms with Crippen LogP contribution in [0, 0.1) is 11.7 Å². The average Bonchev–Trinajstić information content (AvgIpc) is 3.11. The highest BCUT2D eigenvalue weighted by Crippen LogP contribution is 2.33. The van der Waals surface area contributed by atoms with Crippen molar-refractivity contribution >= 4 is 28.8 Å². The summed E-state index contributed by atoms with van der Waals surface area (Å²) in [6.45, 7) is 0.428. The summed E-state index contributed by atoms with van der Waals surface area (Å²) in [5.41, 5.74) is 2.47. The normalized spacial score (nSPS) is 21.2. The van der Waals surface area contributed by atoms with Crippen LogP contribution in [-0.2, 0) is 9.59 Å². The third-order valence-corrected chi connectivity index (χ3v) is 4.37. The molecule has 2 aromatic rings. The second-order valence-corrected chi connectivity index (χ2v) is 5.90. The molecule has 0 saturated carbocycles. The van der Waals surface area contributed by atoms with Crippen LogP contribution in [0.5, 0.6) is 0 Å². The van der Waals surface area contributed by atoms with Gasteiger partial charge in [-0.2, -0.15) is 0 Å². The van der Waals surface area contributed by atoms with E-state index < -0.39 is 17.6 Å². The van der Waals surface area contributed by atoms with Crippen LogP contribution in [-0.4, -0.2) is 35.3 Å². The highest BCUT2D eigenvalue weighted by molar-refractivity contribution is 7.07. The molecule has 1 aliphatic rings. The Bertz CT molecular complexity index is 705. The number of benzene rings is 1. The fourth-order valence-electron chi connectivity index (χ4n) is 2.64. The summed E-state index contributed by atoms with van der Waals surface area (Å²) >= 11 is 1.42. The van der Waals surface area contributed by atoms with Gasteiger partial charge in [-0.15, -0.1) is 11.3 Å². The van der Waals surface area contributed by atoms with E-state index in [2.05, 4.69) is 10.3 Å². The third kappa shape index (κ3) is 2.59. The number of hydrogen-bond acceptors (Lipinski definition) is 4. The number of nitrogens with zero attached hydrogens (tertiary/aromatic N) is 2. The summed E-state index contributed by atoms with van der Waals surface area (Å²) in [7, 11) is 1.65. The molecule has 1 saturated heterocycles. The summed E-state index contributed by atoms with van der Waals surface area (Å²) in [6, 6.07) is 5.89. The number of aromatic nitrogens is 1. The minimum absolute atomic E-state index is 0.0758. The first-order valence-corrected chi connectivity index (χ1v) is 7.70. The zero-order valence-corrected chi connectivity index (χ0v) is 12.6. The molecule has 1 fully saturated rings. The van der Waals surface area contributed by atoms with Crippen LogP contribution >= 0.6 is 11.3 Å². The van der Waals surface area contributed by atoms with Gasteiger partial charge in [0.05, 0.1) is 16.9 Å². The molecule has 7 heteroatoms. The van der Waals surface area contributed by atoms with E-state index in [0.717, 1.165) is 5.69 Å². The molecular formula is C15H14FN3O2S. The Morgan fingerprint density at radius 2 is 2.23 bits per heavy atom. The van der Waals surface area contributed by atoms with Gasteiger partial charge >= 0.3 is 0 Å². The summed E-state index contributed by atoms with van der Waals surface area (Å²) in [5, 5.41) is 4.34. The van der Waals surface area contributed by atoms with Gasteiger partial charge in [0.1, 0.15) is 11.7 Å². The predicted molar refractivity (Wildman–Crippen MR) is 81.0 cm³/mol. The molecule has 0 aliphatic carbocycles. The fraction of sp³-hybridized carbons (Fsp3) is 0.267. The van der Waals surface area contributed by atoms with E-state index >= 15 is 0 Å². The number of amides is 2. The molecule has 2 heterocycles. The molecule has 2 atom stereocenters. The maximum absolute atomic E-state index is 13.7. The smallest absolute Gasteiger partial charge is 0.237 e. The SMILES string of the molecule is CN1C[C@H](c2cscn2)[C@@H](C(=O)Nc2ccccc2F)C1=O. The Kier molecular flexibility index (Phi) is 3.89. The number of halogens is 1. The summed E-state index contributed by atoms with van der Waals surface area (Å²) in [4.78, 5) is 30.5. The van der Waals surface area contributed by atoms with E-state index in [0.29, 0.717) is 6.54 Å². The molecule has 0 radical (unpaired) electrons. The van der Waals surface area contributed by atoms with Crippen LogP contribution in [0.25, 0.3) is 0 Å². The van der Waals surface area contributed by atoms with Crippen LogP contribution in [0.3, 0.4) is 0 Å². The lowest BCUT2D eigenvalue weighted by Gasteiger charge is -2.15. The molecule has 2 amide bonds. The largest absolute Gasteiger partial charge is 0.344 e. The first kappa shape index (κ1) is 14.6. The molecular weight excluding hydrogens is 305 g/mol. The monoisotopic (exact) mass is 319 g/mol. The van der Waals surface area contributed by atoms with Crippen LogP contribution in [0.1, 0.15) is 11.6 Å². The second-order valence-electron chi connectivity index (χ2n) is 5.19. The number of hydrogen-bond donors (Lipinski definition) is 1. The van der Waals surface area contributed by atoms with Crippen LogP contribution in [0.2, 0.25) is 0 Å². The number of rotatable bonds is 3. The first-order chi connectivity index (χ1) is 10.6. The number of para-hydroxylation sites is 1. The molecule has 22 heavy (non-hydrogen) atoms. The Morgan fingerprint density at radius 1 is 1.45 bits per heavy atom. The Labute approximate surface area is 130 Å². The molecule has 1 aliphatic heterocycles. The van der Waals surface area contributed by atoms with Gasteiger partial charge in [0, 0.05) is 24.9 Å². The van der Waals surface area contributed by atoms with Crippen molar-refractivity contribution in [3.05, 3.63) is 46.7 Å². The fourth-order valence-corrected chi connectivity index (χ4v) is 3.26. The van der Waals surface area contributed by atoms with E-state index in [4.69, 9.17) is 0 Å². The predicted octanol–water partition coefficient (Wildman–Crippen LogP) is 2.09. The standard InChI is InChI=1S/C15H14FN3O2S/c1-19-6-9(12-7-22-8-17-12)13(15(19)21)14(20)18-11-5-3-2-4-10(11)16/h2-5,7-9,13H,6H2,1H3,(H,18,20)/t9-,13+/m1/s1. The van der Waals surface area contributed by atoms with Crippen molar-refractivity contribution in [3.63, 3.8) is 0 Å². The molecule has 1 aromatic carbocycles. The number of thiazole rings is 1.